The predicted octanol–water partition coefficient (Wildman–Crippen LogP) is 3.36. The van der Waals surface area contributed by atoms with Gasteiger partial charge in [0, 0.05) is 25.4 Å². The zero-order valence-electron chi connectivity index (χ0n) is 10.7. The Bertz CT molecular complexity index is 554. The van der Waals surface area contributed by atoms with Gasteiger partial charge in [0.15, 0.2) is 0 Å². The molecule has 1 aromatic carbocycles. The molecule has 1 atom stereocenters. The van der Waals surface area contributed by atoms with Crippen molar-refractivity contribution in [3.8, 4) is 0 Å². The summed E-state index contributed by atoms with van der Waals surface area (Å²) in [6.07, 6.45) is 4.26. The molecule has 0 bridgehead atoms. The minimum absolute atomic E-state index is 0.482. The molecule has 1 unspecified atom stereocenters. The summed E-state index contributed by atoms with van der Waals surface area (Å²) in [6.45, 7) is 2.91. The van der Waals surface area contributed by atoms with Crippen LogP contribution in [0.2, 0.25) is 10.0 Å². The van der Waals surface area contributed by atoms with Crippen molar-refractivity contribution in [3.05, 3.63) is 52.0 Å². The van der Waals surface area contributed by atoms with E-state index in [1.165, 1.54) is 0 Å². The van der Waals surface area contributed by atoms with E-state index in [2.05, 4.69) is 11.9 Å². The van der Waals surface area contributed by atoms with E-state index in [4.69, 9.17) is 23.2 Å². The van der Waals surface area contributed by atoms with Gasteiger partial charge in [-0.25, -0.2) is 4.98 Å². The molecule has 0 amide bonds. The SMILES string of the molecule is CCn1ccnc1CC(O)Cc1ccc(Cl)c(Cl)c1. The molecule has 2 aromatic rings. The van der Waals surface area contributed by atoms with Gasteiger partial charge in [-0.05, 0) is 31.0 Å². The highest BCUT2D eigenvalue weighted by atomic mass is 35.5. The third-order valence-corrected chi connectivity index (χ3v) is 3.75. The Morgan fingerprint density at radius 2 is 2.05 bits per heavy atom. The van der Waals surface area contributed by atoms with Gasteiger partial charge in [-0.3, -0.25) is 0 Å². The lowest BCUT2D eigenvalue weighted by molar-refractivity contribution is 0.171. The Balaban J connectivity index is 2.01. The summed E-state index contributed by atoms with van der Waals surface area (Å²) in [7, 11) is 0. The van der Waals surface area contributed by atoms with E-state index in [1.807, 2.05) is 16.8 Å². The molecule has 0 aliphatic rings. The van der Waals surface area contributed by atoms with Crippen molar-refractivity contribution < 1.29 is 5.11 Å². The fourth-order valence-corrected chi connectivity index (χ4v) is 2.36. The number of aliphatic hydroxyl groups is 1. The fraction of sp³-hybridized carbons (Fsp3) is 0.357. The maximum Gasteiger partial charge on any atom is 0.111 e. The molecule has 0 aliphatic heterocycles. The Hall–Kier alpha value is -1.03. The number of aromatic nitrogens is 2. The molecule has 19 heavy (non-hydrogen) atoms. The monoisotopic (exact) mass is 298 g/mol. The molecule has 1 aromatic heterocycles. The molecule has 0 aliphatic carbocycles. The summed E-state index contributed by atoms with van der Waals surface area (Å²) in [5.74, 6) is 0.898. The molecular weight excluding hydrogens is 283 g/mol. The lowest BCUT2D eigenvalue weighted by Gasteiger charge is -2.12. The highest BCUT2D eigenvalue weighted by molar-refractivity contribution is 6.42. The van der Waals surface area contributed by atoms with Crippen LogP contribution in [-0.2, 0) is 19.4 Å². The Labute approximate surface area is 122 Å². The van der Waals surface area contributed by atoms with Crippen molar-refractivity contribution in [2.75, 3.05) is 0 Å². The Morgan fingerprint density at radius 1 is 1.26 bits per heavy atom. The third-order valence-electron chi connectivity index (χ3n) is 3.02. The third kappa shape index (κ3) is 3.72. The normalized spacial score (nSPS) is 12.6. The summed E-state index contributed by atoms with van der Waals surface area (Å²) < 4.78 is 2.03. The molecular formula is C14H16Cl2N2O. The van der Waals surface area contributed by atoms with E-state index in [0.717, 1.165) is 17.9 Å². The highest BCUT2D eigenvalue weighted by Gasteiger charge is 2.11. The van der Waals surface area contributed by atoms with Crippen molar-refractivity contribution in [1.29, 1.82) is 0 Å². The summed E-state index contributed by atoms with van der Waals surface area (Å²) in [6, 6.07) is 5.42. The number of imidazole rings is 1. The zero-order chi connectivity index (χ0) is 13.8. The molecule has 102 valence electrons. The van der Waals surface area contributed by atoms with E-state index in [1.54, 1.807) is 18.3 Å². The summed E-state index contributed by atoms with van der Waals surface area (Å²) >= 11 is 11.8. The van der Waals surface area contributed by atoms with Crippen LogP contribution in [0.15, 0.2) is 30.6 Å². The first-order valence-corrected chi connectivity index (χ1v) is 6.97. The van der Waals surface area contributed by atoms with E-state index >= 15 is 0 Å². The maximum absolute atomic E-state index is 10.1. The second kappa shape index (κ2) is 6.42. The number of rotatable bonds is 5. The van der Waals surface area contributed by atoms with Gasteiger partial charge in [0.25, 0.3) is 0 Å². The lowest BCUT2D eigenvalue weighted by Crippen LogP contribution is -2.17. The van der Waals surface area contributed by atoms with Gasteiger partial charge in [0.1, 0.15) is 5.82 Å². The van der Waals surface area contributed by atoms with Crippen molar-refractivity contribution >= 4 is 23.2 Å². The van der Waals surface area contributed by atoms with E-state index < -0.39 is 6.10 Å². The van der Waals surface area contributed by atoms with Crippen LogP contribution in [-0.4, -0.2) is 20.8 Å². The second-order valence-corrected chi connectivity index (χ2v) is 5.25. The van der Waals surface area contributed by atoms with Crippen LogP contribution in [0.1, 0.15) is 18.3 Å². The molecule has 1 N–H and O–H groups in total. The van der Waals surface area contributed by atoms with Crippen LogP contribution in [0.4, 0.5) is 0 Å². The predicted molar refractivity (Wildman–Crippen MR) is 77.8 cm³/mol. The molecule has 1 heterocycles. The number of halogens is 2. The van der Waals surface area contributed by atoms with E-state index in [0.29, 0.717) is 22.9 Å². The van der Waals surface area contributed by atoms with E-state index in [-0.39, 0.29) is 0 Å². The molecule has 0 spiro atoms. The van der Waals surface area contributed by atoms with Crippen LogP contribution in [0, 0.1) is 0 Å². The largest absolute Gasteiger partial charge is 0.392 e. The summed E-state index contributed by atoms with van der Waals surface area (Å²) in [4.78, 5) is 4.26. The van der Waals surface area contributed by atoms with Gasteiger partial charge < -0.3 is 9.67 Å². The lowest BCUT2D eigenvalue weighted by atomic mass is 10.1. The smallest absolute Gasteiger partial charge is 0.111 e. The first-order valence-electron chi connectivity index (χ1n) is 6.22. The number of benzene rings is 1. The number of hydrogen-bond acceptors (Lipinski definition) is 2. The van der Waals surface area contributed by atoms with Gasteiger partial charge in [0.2, 0.25) is 0 Å². The number of aliphatic hydroxyl groups excluding tert-OH is 1. The van der Waals surface area contributed by atoms with Crippen LogP contribution in [0.5, 0.6) is 0 Å². The average molecular weight is 299 g/mol. The number of nitrogens with zero attached hydrogens (tertiary/aromatic N) is 2. The molecule has 5 heteroatoms. The highest BCUT2D eigenvalue weighted by Crippen LogP contribution is 2.23. The second-order valence-electron chi connectivity index (χ2n) is 4.44. The first-order chi connectivity index (χ1) is 9.10. The van der Waals surface area contributed by atoms with Crippen LogP contribution >= 0.6 is 23.2 Å². The minimum atomic E-state index is -0.482. The quantitative estimate of drug-likeness (QED) is 0.919. The van der Waals surface area contributed by atoms with Crippen molar-refractivity contribution in [3.63, 3.8) is 0 Å². The standard InChI is InChI=1S/C14H16Cl2N2O/c1-2-18-6-5-17-14(18)9-11(19)7-10-3-4-12(15)13(16)8-10/h3-6,8,11,19H,2,7,9H2,1H3. The first kappa shape index (κ1) is 14.4. The average Bonchev–Trinajstić information content (AvgIpc) is 2.81. The summed E-state index contributed by atoms with van der Waals surface area (Å²) in [5.41, 5.74) is 0.969. The molecule has 2 rings (SSSR count). The number of hydrogen-bond donors (Lipinski definition) is 1. The maximum atomic E-state index is 10.1. The van der Waals surface area contributed by atoms with Gasteiger partial charge >= 0.3 is 0 Å². The summed E-state index contributed by atoms with van der Waals surface area (Å²) in [5, 5.41) is 11.2. The van der Waals surface area contributed by atoms with Crippen molar-refractivity contribution in [1.82, 2.24) is 9.55 Å². The van der Waals surface area contributed by atoms with Crippen molar-refractivity contribution in [2.45, 2.75) is 32.4 Å². The van der Waals surface area contributed by atoms with Gasteiger partial charge in [-0.2, -0.15) is 0 Å². The Kier molecular flexibility index (Phi) is 4.86. The Morgan fingerprint density at radius 3 is 2.74 bits per heavy atom. The minimum Gasteiger partial charge on any atom is -0.392 e. The zero-order valence-corrected chi connectivity index (χ0v) is 12.2. The van der Waals surface area contributed by atoms with Crippen molar-refractivity contribution in [2.24, 2.45) is 0 Å². The van der Waals surface area contributed by atoms with Crippen LogP contribution < -0.4 is 0 Å². The number of aryl methyl sites for hydroxylation is 1. The van der Waals surface area contributed by atoms with Crippen LogP contribution in [0.25, 0.3) is 0 Å². The van der Waals surface area contributed by atoms with Crippen LogP contribution in [0.3, 0.4) is 0 Å². The van der Waals surface area contributed by atoms with Gasteiger partial charge in [-0.15, -0.1) is 0 Å². The molecule has 0 fully saturated rings. The molecule has 3 nitrogen and oxygen atoms in total. The molecule has 0 saturated heterocycles. The topological polar surface area (TPSA) is 38.0 Å². The van der Waals surface area contributed by atoms with Gasteiger partial charge in [-0.1, -0.05) is 29.3 Å². The fourth-order valence-electron chi connectivity index (χ4n) is 2.04. The molecule has 0 saturated carbocycles. The molecule has 0 radical (unpaired) electrons. The van der Waals surface area contributed by atoms with E-state index in [9.17, 15) is 5.11 Å². The van der Waals surface area contributed by atoms with Gasteiger partial charge in [0.05, 0.1) is 16.1 Å².